The van der Waals surface area contributed by atoms with Crippen molar-refractivity contribution in [2.75, 3.05) is 50.3 Å². The lowest BCUT2D eigenvalue weighted by molar-refractivity contribution is -0.121. The maximum absolute atomic E-state index is 13.5. The Morgan fingerprint density at radius 1 is 1.00 bits per heavy atom. The first-order valence-electron chi connectivity index (χ1n) is 9.80. The van der Waals surface area contributed by atoms with E-state index in [0.29, 0.717) is 22.3 Å². The zero-order valence-electron chi connectivity index (χ0n) is 17.3. The van der Waals surface area contributed by atoms with Crippen LogP contribution in [0.15, 0.2) is 42.5 Å². The number of morpholine rings is 1. The van der Waals surface area contributed by atoms with Crippen LogP contribution in [0.5, 0.6) is 11.5 Å². The molecule has 2 aliphatic heterocycles. The van der Waals surface area contributed by atoms with E-state index < -0.39 is 5.54 Å². The summed E-state index contributed by atoms with van der Waals surface area (Å²) in [6.07, 6.45) is 0. The molecule has 1 amide bonds. The van der Waals surface area contributed by atoms with Gasteiger partial charge in [0.2, 0.25) is 0 Å². The summed E-state index contributed by atoms with van der Waals surface area (Å²) < 4.78 is 16.1. The fourth-order valence-electron chi connectivity index (χ4n) is 3.86. The van der Waals surface area contributed by atoms with Gasteiger partial charge in [-0.25, -0.2) is 0 Å². The Balaban J connectivity index is 1.61. The molecule has 1 atom stereocenters. The van der Waals surface area contributed by atoms with Gasteiger partial charge in [-0.1, -0.05) is 12.1 Å². The zero-order valence-corrected chi connectivity index (χ0v) is 18.1. The topological polar surface area (TPSA) is 63.3 Å². The molecule has 0 bridgehead atoms. The monoisotopic (exact) mass is 427 g/mol. The molecule has 0 saturated carbocycles. The summed E-state index contributed by atoms with van der Waals surface area (Å²) in [5, 5.41) is 3.57. The average Bonchev–Trinajstić information content (AvgIpc) is 3.02. The number of anilines is 2. The van der Waals surface area contributed by atoms with Gasteiger partial charge in [0.25, 0.3) is 5.91 Å². The first kappa shape index (κ1) is 20.4. The molecule has 4 rings (SSSR count). The van der Waals surface area contributed by atoms with Crippen molar-refractivity contribution in [2.45, 2.75) is 12.5 Å². The van der Waals surface area contributed by atoms with Crippen LogP contribution in [-0.2, 0) is 15.1 Å². The standard InChI is InChI=1S/C22H25N3O4S/c1-22(15-4-6-16(7-5-15)24-10-12-29-13-11-24)20(26)25(21(30)23-22)17-8-9-18(27-2)19(14-17)28-3/h4-9,14H,10-13H2,1-3H3,(H,23,30). The minimum Gasteiger partial charge on any atom is -0.493 e. The largest absolute Gasteiger partial charge is 0.493 e. The van der Waals surface area contributed by atoms with Gasteiger partial charge in [-0.2, -0.15) is 0 Å². The highest BCUT2D eigenvalue weighted by Crippen LogP contribution is 2.37. The van der Waals surface area contributed by atoms with Crippen LogP contribution in [0.1, 0.15) is 12.5 Å². The molecule has 158 valence electrons. The first-order chi connectivity index (χ1) is 14.5. The van der Waals surface area contributed by atoms with Crippen LogP contribution in [-0.4, -0.2) is 51.5 Å². The summed E-state index contributed by atoms with van der Waals surface area (Å²) in [7, 11) is 3.13. The molecule has 0 radical (unpaired) electrons. The number of amides is 1. The van der Waals surface area contributed by atoms with E-state index in [1.54, 1.807) is 32.4 Å². The van der Waals surface area contributed by atoms with Gasteiger partial charge in [-0.05, 0) is 49.0 Å². The first-order valence-corrected chi connectivity index (χ1v) is 10.2. The van der Waals surface area contributed by atoms with Gasteiger partial charge in [0.1, 0.15) is 5.54 Å². The normalized spacial score (nSPS) is 21.6. The molecule has 7 nitrogen and oxygen atoms in total. The minimum absolute atomic E-state index is 0.140. The summed E-state index contributed by atoms with van der Waals surface area (Å²) in [6.45, 7) is 5.05. The highest BCUT2D eigenvalue weighted by molar-refractivity contribution is 7.80. The molecule has 2 saturated heterocycles. The van der Waals surface area contributed by atoms with Crippen LogP contribution >= 0.6 is 12.2 Å². The molecular weight excluding hydrogens is 402 g/mol. The van der Waals surface area contributed by atoms with Gasteiger partial charge in [-0.15, -0.1) is 0 Å². The van der Waals surface area contributed by atoms with Crippen LogP contribution in [0.25, 0.3) is 0 Å². The van der Waals surface area contributed by atoms with Crippen LogP contribution in [0, 0.1) is 0 Å². The van der Waals surface area contributed by atoms with Crippen molar-refractivity contribution in [3.8, 4) is 11.5 Å². The predicted octanol–water partition coefficient (Wildman–Crippen LogP) is 2.68. The van der Waals surface area contributed by atoms with E-state index in [-0.39, 0.29) is 5.91 Å². The lowest BCUT2D eigenvalue weighted by Gasteiger charge is -2.29. The van der Waals surface area contributed by atoms with E-state index in [1.807, 2.05) is 31.2 Å². The van der Waals surface area contributed by atoms with E-state index in [9.17, 15) is 4.79 Å². The lowest BCUT2D eigenvalue weighted by Crippen LogP contribution is -2.41. The number of nitrogens with one attached hydrogen (secondary N) is 1. The van der Waals surface area contributed by atoms with Crippen molar-refractivity contribution in [3.05, 3.63) is 48.0 Å². The van der Waals surface area contributed by atoms with E-state index in [4.69, 9.17) is 26.4 Å². The van der Waals surface area contributed by atoms with Crippen LogP contribution < -0.4 is 24.6 Å². The zero-order chi connectivity index (χ0) is 21.3. The number of thiocarbonyl (C=S) groups is 1. The second-order valence-electron chi connectivity index (χ2n) is 7.38. The highest BCUT2D eigenvalue weighted by atomic mass is 32.1. The van der Waals surface area contributed by atoms with Crippen molar-refractivity contribution in [1.82, 2.24) is 5.32 Å². The summed E-state index contributed by atoms with van der Waals surface area (Å²) >= 11 is 5.52. The molecular formula is C22H25N3O4S. The van der Waals surface area contributed by atoms with Gasteiger partial charge in [-0.3, -0.25) is 9.69 Å². The van der Waals surface area contributed by atoms with Crippen LogP contribution in [0.3, 0.4) is 0 Å². The Morgan fingerprint density at radius 3 is 2.27 bits per heavy atom. The Bertz CT molecular complexity index is 959. The number of hydrogen-bond acceptors (Lipinski definition) is 6. The fraction of sp³-hybridized carbons (Fsp3) is 0.364. The van der Waals surface area contributed by atoms with E-state index in [2.05, 4.69) is 10.2 Å². The van der Waals surface area contributed by atoms with Crippen molar-refractivity contribution < 1.29 is 19.0 Å². The summed E-state index contributed by atoms with van der Waals surface area (Å²) in [6, 6.07) is 13.4. The number of benzene rings is 2. The van der Waals surface area contributed by atoms with Gasteiger partial charge in [0.15, 0.2) is 16.6 Å². The number of ether oxygens (including phenoxy) is 3. The molecule has 2 fully saturated rings. The Kier molecular flexibility index (Phi) is 5.53. The maximum atomic E-state index is 13.5. The van der Waals surface area contributed by atoms with Crippen LogP contribution in [0.4, 0.5) is 11.4 Å². The molecule has 2 heterocycles. The number of carbonyl (C=O) groups excluding carboxylic acids is 1. The van der Waals surface area contributed by atoms with Gasteiger partial charge in [0.05, 0.1) is 33.1 Å². The van der Waals surface area contributed by atoms with Gasteiger partial charge < -0.3 is 24.4 Å². The molecule has 1 unspecified atom stereocenters. The molecule has 0 spiro atoms. The van der Waals surface area contributed by atoms with Crippen molar-refractivity contribution in [3.63, 3.8) is 0 Å². The highest BCUT2D eigenvalue weighted by Gasteiger charge is 2.47. The van der Waals surface area contributed by atoms with Crippen molar-refractivity contribution in [2.24, 2.45) is 0 Å². The fourth-order valence-corrected chi connectivity index (χ4v) is 4.25. The number of nitrogens with zero attached hydrogens (tertiary/aromatic N) is 2. The molecule has 2 aromatic rings. The average molecular weight is 428 g/mol. The number of methoxy groups -OCH3 is 2. The molecule has 1 N–H and O–H groups in total. The Morgan fingerprint density at radius 2 is 1.63 bits per heavy atom. The van der Waals surface area contributed by atoms with Gasteiger partial charge in [0, 0.05) is 24.8 Å². The molecule has 8 heteroatoms. The number of carbonyl (C=O) groups is 1. The van der Waals surface area contributed by atoms with E-state index >= 15 is 0 Å². The quantitative estimate of drug-likeness (QED) is 0.736. The molecule has 2 aliphatic rings. The molecule has 30 heavy (non-hydrogen) atoms. The summed E-state index contributed by atoms with van der Waals surface area (Å²) in [5.41, 5.74) is 1.66. The minimum atomic E-state index is -0.951. The second kappa shape index (κ2) is 8.12. The molecule has 0 aromatic heterocycles. The smallest absolute Gasteiger partial charge is 0.263 e. The molecule has 0 aliphatic carbocycles. The Labute approximate surface area is 181 Å². The SMILES string of the molecule is COc1ccc(N2C(=O)C(C)(c3ccc(N4CCOCC4)cc3)NC2=S)cc1OC. The summed E-state index contributed by atoms with van der Waals surface area (Å²) in [4.78, 5) is 17.2. The second-order valence-corrected chi connectivity index (χ2v) is 7.77. The van der Waals surface area contributed by atoms with Crippen LogP contribution in [0.2, 0.25) is 0 Å². The third kappa shape index (κ3) is 3.46. The Hall–Kier alpha value is -2.84. The number of hydrogen-bond donors (Lipinski definition) is 1. The summed E-state index contributed by atoms with van der Waals surface area (Å²) in [5.74, 6) is 0.987. The lowest BCUT2D eigenvalue weighted by atomic mass is 9.91. The van der Waals surface area contributed by atoms with Gasteiger partial charge >= 0.3 is 0 Å². The van der Waals surface area contributed by atoms with E-state index in [1.165, 1.54) is 4.90 Å². The number of rotatable bonds is 5. The predicted molar refractivity (Wildman–Crippen MR) is 120 cm³/mol. The third-order valence-electron chi connectivity index (χ3n) is 5.64. The third-order valence-corrected chi connectivity index (χ3v) is 5.92. The van der Waals surface area contributed by atoms with E-state index in [0.717, 1.165) is 37.6 Å². The maximum Gasteiger partial charge on any atom is 0.263 e. The molecule has 2 aromatic carbocycles. The van der Waals surface area contributed by atoms with Crippen molar-refractivity contribution in [1.29, 1.82) is 0 Å². The van der Waals surface area contributed by atoms with Crippen molar-refractivity contribution >= 4 is 34.6 Å².